The van der Waals surface area contributed by atoms with Gasteiger partial charge in [0, 0.05) is 18.4 Å². The number of nitrogens with one attached hydrogen (secondary N) is 1. The number of hydrogen-bond acceptors (Lipinski definition) is 5. The minimum Gasteiger partial charge on any atom is -0.497 e. The zero-order chi connectivity index (χ0) is 17.4. The lowest BCUT2D eigenvalue weighted by molar-refractivity contribution is -0.116. The van der Waals surface area contributed by atoms with Gasteiger partial charge in [0.2, 0.25) is 5.91 Å². The molecule has 0 spiro atoms. The Labute approximate surface area is 149 Å². The van der Waals surface area contributed by atoms with Crippen molar-refractivity contribution >= 4 is 23.1 Å². The van der Waals surface area contributed by atoms with E-state index < -0.39 is 0 Å². The van der Waals surface area contributed by atoms with Crippen LogP contribution < -0.4 is 14.8 Å². The molecule has 128 valence electrons. The Kier molecular flexibility index (Phi) is 3.93. The molecule has 0 bridgehead atoms. The fourth-order valence-electron chi connectivity index (χ4n) is 3.12. The number of thiophene rings is 1. The molecule has 0 unspecified atom stereocenters. The standard InChI is InChI=1S/C18H17N3O3S/c1-23-12-3-4-14(15(7-12)24-2)21-10-19-17-13(11-5-6-25-9-11)8-16(22)20-18(17)21/h3-7,9-10,13H,8H2,1-2H3,(H,20,22)/t13-/m1/s1. The van der Waals surface area contributed by atoms with Gasteiger partial charge in [-0.25, -0.2) is 4.98 Å². The van der Waals surface area contributed by atoms with E-state index in [9.17, 15) is 4.79 Å². The highest BCUT2D eigenvalue weighted by Gasteiger charge is 2.31. The summed E-state index contributed by atoms with van der Waals surface area (Å²) in [5.74, 6) is 2.00. The molecular weight excluding hydrogens is 338 g/mol. The van der Waals surface area contributed by atoms with Gasteiger partial charge < -0.3 is 14.8 Å². The van der Waals surface area contributed by atoms with Crippen LogP contribution in [0.1, 0.15) is 23.6 Å². The van der Waals surface area contributed by atoms with Crippen molar-refractivity contribution in [1.29, 1.82) is 0 Å². The number of aromatic nitrogens is 2. The number of fused-ring (bicyclic) bond motifs is 1. The Morgan fingerprint density at radius 2 is 2.16 bits per heavy atom. The van der Waals surface area contributed by atoms with Gasteiger partial charge in [-0.2, -0.15) is 11.3 Å². The van der Waals surface area contributed by atoms with E-state index >= 15 is 0 Å². The summed E-state index contributed by atoms with van der Waals surface area (Å²) in [4.78, 5) is 16.9. The molecule has 7 heteroatoms. The maximum Gasteiger partial charge on any atom is 0.226 e. The highest BCUT2D eigenvalue weighted by molar-refractivity contribution is 7.08. The van der Waals surface area contributed by atoms with Crippen LogP contribution in [0.5, 0.6) is 11.5 Å². The lowest BCUT2D eigenvalue weighted by Gasteiger charge is -2.23. The molecule has 4 rings (SSSR count). The monoisotopic (exact) mass is 355 g/mol. The van der Waals surface area contributed by atoms with Crippen molar-refractivity contribution < 1.29 is 14.3 Å². The Bertz CT molecular complexity index is 918. The molecule has 2 aromatic heterocycles. The largest absolute Gasteiger partial charge is 0.497 e. The number of nitrogens with zero attached hydrogens (tertiary/aromatic N) is 2. The van der Waals surface area contributed by atoms with Gasteiger partial charge in [-0.3, -0.25) is 9.36 Å². The molecular formula is C18H17N3O3S. The third-order valence-corrected chi connectivity index (χ3v) is 5.07. The molecule has 0 radical (unpaired) electrons. The van der Waals surface area contributed by atoms with Gasteiger partial charge in [0.05, 0.1) is 25.6 Å². The predicted octanol–water partition coefficient (Wildman–Crippen LogP) is 3.43. The van der Waals surface area contributed by atoms with E-state index in [0.717, 1.165) is 16.9 Å². The Morgan fingerprint density at radius 1 is 1.28 bits per heavy atom. The second kappa shape index (κ2) is 6.25. The number of carbonyl (C=O) groups is 1. The number of carbonyl (C=O) groups excluding carboxylic acids is 1. The first-order valence-electron chi connectivity index (χ1n) is 7.83. The summed E-state index contributed by atoms with van der Waals surface area (Å²) in [7, 11) is 3.22. The van der Waals surface area contributed by atoms with E-state index in [1.165, 1.54) is 0 Å². The second-order valence-electron chi connectivity index (χ2n) is 5.75. The first kappa shape index (κ1) is 15.7. The minimum absolute atomic E-state index is 0.0158. The molecule has 1 aliphatic heterocycles. The number of ether oxygens (including phenoxy) is 2. The number of benzene rings is 1. The highest BCUT2D eigenvalue weighted by atomic mass is 32.1. The first-order valence-corrected chi connectivity index (χ1v) is 8.77. The second-order valence-corrected chi connectivity index (χ2v) is 6.53. The maximum absolute atomic E-state index is 12.3. The first-order chi connectivity index (χ1) is 12.2. The van der Waals surface area contributed by atoms with Crippen LogP contribution in [0, 0.1) is 0 Å². The molecule has 0 saturated carbocycles. The Hall–Kier alpha value is -2.80. The highest BCUT2D eigenvalue weighted by Crippen LogP contribution is 2.39. The Balaban J connectivity index is 1.83. The van der Waals surface area contributed by atoms with Crippen LogP contribution in [0.25, 0.3) is 5.69 Å². The normalized spacial score (nSPS) is 16.2. The van der Waals surface area contributed by atoms with Crippen molar-refractivity contribution in [1.82, 2.24) is 9.55 Å². The summed E-state index contributed by atoms with van der Waals surface area (Å²) in [6.45, 7) is 0. The molecule has 6 nitrogen and oxygen atoms in total. The van der Waals surface area contributed by atoms with Crippen molar-refractivity contribution in [3.8, 4) is 17.2 Å². The zero-order valence-corrected chi connectivity index (χ0v) is 14.7. The van der Waals surface area contributed by atoms with Gasteiger partial charge >= 0.3 is 0 Å². The number of rotatable bonds is 4. The molecule has 0 aliphatic carbocycles. The van der Waals surface area contributed by atoms with E-state index in [4.69, 9.17) is 9.47 Å². The van der Waals surface area contributed by atoms with Crippen LogP contribution in [0.4, 0.5) is 5.82 Å². The number of anilines is 1. The summed E-state index contributed by atoms with van der Waals surface area (Å²) in [6.07, 6.45) is 2.13. The molecule has 1 aromatic carbocycles. The summed E-state index contributed by atoms with van der Waals surface area (Å²) in [6, 6.07) is 7.60. The zero-order valence-electron chi connectivity index (χ0n) is 13.9. The lowest BCUT2D eigenvalue weighted by Crippen LogP contribution is -2.24. The molecule has 1 amide bonds. The van der Waals surface area contributed by atoms with E-state index in [1.54, 1.807) is 31.9 Å². The lowest BCUT2D eigenvalue weighted by atomic mass is 9.92. The number of methoxy groups -OCH3 is 2. The van der Waals surface area contributed by atoms with Gasteiger partial charge in [0.25, 0.3) is 0 Å². The molecule has 3 aromatic rings. The van der Waals surface area contributed by atoms with E-state index in [-0.39, 0.29) is 11.8 Å². The molecule has 1 aliphatic rings. The average molecular weight is 355 g/mol. The van der Waals surface area contributed by atoms with E-state index in [0.29, 0.717) is 23.7 Å². The van der Waals surface area contributed by atoms with Crippen molar-refractivity contribution in [3.05, 3.63) is 52.6 Å². The summed E-state index contributed by atoms with van der Waals surface area (Å²) in [5.41, 5.74) is 2.78. The quantitative estimate of drug-likeness (QED) is 0.779. The molecule has 3 heterocycles. The topological polar surface area (TPSA) is 65.4 Å². The van der Waals surface area contributed by atoms with Crippen molar-refractivity contribution in [2.75, 3.05) is 19.5 Å². The van der Waals surface area contributed by atoms with Crippen LogP contribution in [-0.4, -0.2) is 29.7 Å². The number of amides is 1. The van der Waals surface area contributed by atoms with Crippen molar-refractivity contribution in [2.24, 2.45) is 0 Å². The molecule has 1 atom stereocenters. The molecule has 25 heavy (non-hydrogen) atoms. The van der Waals surface area contributed by atoms with Gasteiger partial charge in [0.15, 0.2) is 0 Å². The van der Waals surface area contributed by atoms with Gasteiger partial charge in [-0.15, -0.1) is 0 Å². The minimum atomic E-state index is -0.0273. The third kappa shape index (κ3) is 2.66. The van der Waals surface area contributed by atoms with E-state index in [2.05, 4.69) is 15.7 Å². The van der Waals surface area contributed by atoms with Crippen LogP contribution >= 0.6 is 11.3 Å². The van der Waals surface area contributed by atoms with Crippen LogP contribution in [0.2, 0.25) is 0 Å². The molecule has 0 fully saturated rings. The van der Waals surface area contributed by atoms with Crippen LogP contribution in [-0.2, 0) is 4.79 Å². The van der Waals surface area contributed by atoms with Crippen LogP contribution in [0.3, 0.4) is 0 Å². The summed E-state index contributed by atoms with van der Waals surface area (Å²) < 4.78 is 12.6. The predicted molar refractivity (Wildman–Crippen MR) is 96.1 cm³/mol. The average Bonchev–Trinajstić information content (AvgIpc) is 3.30. The van der Waals surface area contributed by atoms with Gasteiger partial charge in [0.1, 0.15) is 23.6 Å². The summed E-state index contributed by atoms with van der Waals surface area (Å²) >= 11 is 1.62. The third-order valence-electron chi connectivity index (χ3n) is 4.37. The maximum atomic E-state index is 12.3. The molecule has 1 N–H and O–H groups in total. The number of hydrogen-bond donors (Lipinski definition) is 1. The Morgan fingerprint density at radius 3 is 2.88 bits per heavy atom. The van der Waals surface area contributed by atoms with Gasteiger partial charge in [-0.1, -0.05) is 0 Å². The summed E-state index contributed by atoms with van der Waals surface area (Å²) in [5, 5.41) is 7.05. The van der Waals surface area contributed by atoms with Crippen LogP contribution in [0.15, 0.2) is 41.4 Å². The number of imidazole rings is 1. The van der Waals surface area contributed by atoms with E-state index in [1.807, 2.05) is 34.2 Å². The smallest absolute Gasteiger partial charge is 0.226 e. The fraction of sp³-hybridized carbons (Fsp3) is 0.222. The fourth-order valence-corrected chi connectivity index (χ4v) is 3.84. The van der Waals surface area contributed by atoms with Gasteiger partial charge in [-0.05, 0) is 34.5 Å². The van der Waals surface area contributed by atoms with Crippen molar-refractivity contribution in [2.45, 2.75) is 12.3 Å². The SMILES string of the molecule is COc1ccc(-n2cnc3c2NC(=O)C[C@@H]3c2ccsc2)c(OC)c1. The van der Waals surface area contributed by atoms with Crippen molar-refractivity contribution in [3.63, 3.8) is 0 Å². The molecule has 0 saturated heterocycles.